The molecule has 12 heteroatoms. The smallest absolute Gasteiger partial charge is 0.409 e. The van der Waals surface area contributed by atoms with Gasteiger partial charge in [-0.15, -0.1) is 0 Å². The van der Waals surface area contributed by atoms with Crippen molar-refractivity contribution in [3.05, 3.63) is 64.7 Å². The summed E-state index contributed by atoms with van der Waals surface area (Å²) in [4.78, 5) is 30.2. The van der Waals surface area contributed by atoms with E-state index in [0.717, 1.165) is 32.1 Å². The minimum Gasteiger partial charge on any atom is -0.490 e. The second-order valence-corrected chi connectivity index (χ2v) is 16.0. The van der Waals surface area contributed by atoms with Crippen molar-refractivity contribution in [3.8, 4) is 5.75 Å². The summed E-state index contributed by atoms with van der Waals surface area (Å²) in [7, 11) is -2.41. The fourth-order valence-corrected chi connectivity index (χ4v) is 8.96. The second-order valence-electron chi connectivity index (χ2n) is 13.9. The molecule has 2 aromatic carbocycles. The number of aryl methyl sites for hydroxylation is 1. The van der Waals surface area contributed by atoms with Gasteiger partial charge in [0, 0.05) is 37.1 Å². The lowest BCUT2D eigenvalue weighted by atomic mass is 9.67. The molecule has 2 bridgehead atoms. The zero-order chi connectivity index (χ0) is 33.6. The normalized spacial score (nSPS) is 28.1. The molecule has 4 aliphatic rings. The first-order valence-corrected chi connectivity index (χ1v) is 18.4. The molecule has 2 amide bonds. The van der Waals surface area contributed by atoms with Crippen LogP contribution in [0.4, 0.5) is 10.5 Å². The van der Waals surface area contributed by atoms with Gasteiger partial charge in [-0.2, -0.15) is 0 Å². The van der Waals surface area contributed by atoms with Crippen molar-refractivity contribution in [2.45, 2.75) is 74.8 Å². The number of benzene rings is 2. The van der Waals surface area contributed by atoms with Gasteiger partial charge in [0.15, 0.2) is 0 Å². The zero-order valence-electron chi connectivity index (χ0n) is 27.6. The van der Waals surface area contributed by atoms with Crippen molar-refractivity contribution >= 4 is 39.3 Å². The molecule has 2 N–H and O–H groups in total. The molecule has 0 saturated heterocycles. The SMILES string of the molecule is CCOC(=O)N(C)[C@@H]1C=CCNC(C)(C)C(=O)NS(=O)(=O)c2ccc3c(c2)N(C[C@@H]2CC[C@H]21)C[C@@]1(CCCc2cc(Cl)ccc21)CO3. The highest BCUT2D eigenvalue weighted by Gasteiger charge is 2.45. The number of hydrogen-bond donors (Lipinski definition) is 2. The maximum absolute atomic E-state index is 13.6. The first kappa shape index (κ1) is 33.6. The van der Waals surface area contributed by atoms with Crippen LogP contribution in [-0.2, 0) is 31.4 Å². The van der Waals surface area contributed by atoms with Crippen molar-refractivity contribution in [1.29, 1.82) is 0 Å². The number of nitrogens with zero attached hydrogens (tertiary/aromatic N) is 2. The lowest BCUT2D eigenvalue weighted by molar-refractivity contribution is -0.124. The van der Waals surface area contributed by atoms with E-state index in [2.05, 4.69) is 27.1 Å². The molecular formula is C35H45ClN4O6S. The number of fused-ring (bicyclic) bond motifs is 4. The number of likely N-dealkylation sites (N-methyl/N-ethyl adjacent to an activating group) is 1. The Labute approximate surface area is 282 Å². The number of halogens is 1. The summed E-state index contributed by atoms with van der Waals surface area (Å²) in [6.45, 7) is 7.37. The molecule has 4 atom stereocenters. The quantitative estimate of drug-likeness (QED) is 0.423. The average Bonchev–Trinajstić information content (AvgIpc) is 3.16. The highest BCUT2D eigenvalue weighted by Crippen LogP contribution is 2.47. The van der Waals surface area contributed by atoms with Crippen molar-refractivity contribution in [2.75, 3.05) is 44.8 Å². The highest BCUT2D eigenvalue weighted by molar-refractivity contribution is 7.90. The van der Waals surface area contributed by atoms with Gasteiger partial charge >= 0.3 is 6.09 Å². The van der Waals surface area contributed by atoms with Gasteiger partial charge in [-0.05, 0) is 106 Å². The third-order valence-electron chi connectivity index (χ3n) is 10.5. The number of sulfonamides is 1. The topological polar surface area (TPSA) is 117 Å². The van der Waals surface area contributed by atoms with E-state index >= 15 is 0 Å². The van der Waals surface area contributed by atoms with E-state index in [-0.39, 0.29) is 40.9 Å². The molecule has 6 rings (SSSR count). The van der Waals surface area contributed by atoms with Crippen LogP contribution in [0.15, 0.2) is 53.4 Å². The van der Waals surface area contributed by atoms with Crippen LogP contribution in [0, 0.1) is 11.8 Å². The molecule has 1 spiro atoms. The Balaban J connectivity index is 1.45. The molecule has 1 fully saturated rings. The van der Waals surface area contributed by atoms with Crippen molar-refractivity contribution in [1.82, 2.24) is 14.9 Å². The van der Waals surface area contributed by atoms with Crippen LogP contribution in [0.25, 0.3) is 0 Å². The van der Waals surface area contributed by atoms with Crippen molar-refractivity contribution in [2.24, 2.45) is 11.8 Å². The van der Waals surface area contributed by atoms with E-state index in [1.165, 1.54) is 17.2 Å². The number of nitrogens with one attached hydrogen (secondary N) is 2. The molecule has 2 heterocycles. The van der Waals surface area contributed by atoms with Gasteiger partial charge < -0.3 is 24.6 Å². The van der Waals surface area contributed by atoms with Gasteiger partial charge in [0.05, 0.1) is 35.4 Å². The zero-order valence-corrected chi connectivity index (χ0v) is 29.1. The fraction of sp³-hybridized carbons (Fsp3) is 0.543. The number of anilines is 1. The van der Waals surface area contributed by atoms with E-state index < -0.39 is 21.5 Å². The maximum atomic E-state index is 13.6. The first-order valence-electron chi connectivity index (χ1n) is 16.5. The van der Waals surface area contributed by atoms with E-state index in [9.17, 15) is 18.0 Å². The minimum atomic E-state index is -4.19. The lowest BCUT2D eigenvalue weighted by Crippen LogP contribution is -2.54. The second kappa shape index (κ2) is 13.0. The van der Waals surface area contributed by atoms with Gasteiger partial charge in [0.1, 0.15) is 5.75 Å². The van der Waals surface area contributed by atoms with Crippen molar-refractivity contribution < 1.29 is 27.5 Å². The Bertz CT molecular complexity index is 1680. The molecular weight excluding hydrogens is 640 g/mol. The maximum Gasteiger partial charge on any atom is 0.409 e. The standard InChI is InChI=1S/C35H45ClN4O6S/c1-5-45-33(42)39(4)29-9-7-17-37-34(2,3)32(41)38-47(43,44)26-12-15-31-30(19-26)40(20-24-10-13-27(24)29)21-35(22-46-31)16-6-8-23-18-25(36)11-14-28(23)35/h7,9,11-12,14-15,18-19,24,27,29,37H,5-6,8,10,13,16-17,20-22H2,1-4H3,(H,38,41)/t24-,27+,29+,35-/m0/s1. The van der Waals surface area contributed by atoms with Gasteiger partial charge in [-0.3, -0.25) is 4.79 Å². The van der Waals surface area contributed by atoms with Crippen LogP contribution in [0.1, 0.15) is 57.6 Å². The Morgan fingerprint density at radius 3 is 2.74 bits per heavy atom. The molecule has 10 nitrogen and oxygen atoms in total. The summed E-state index contributed by atoms with van der Waals surface area (Å²) in [5.74, 6) is 0.303. The molecule has 0 radical (unpaired) electrons. The summed E-state index contributed by atoms with van der Waals surface area (Å²) >= 11 is 6.43. The summed E-state index contributed by atoms with van der Waals surface area (Å²) in [6, 6.07) is 10.7. The predicted octanol–water partition coefficient (Wildman–Crippen LogP) is 5.04. The van der Waals surface area contributed by atoms with Crippen LogP contribution in [0.3, 0.4) is 0 Å². The molecule has 1 saturated carbocycles. The Morgan fingerprint density at radius 1 is 1.19 bits per heavy atom. The van der Waals surface area contributed by atoms with Gasteiger partial charge in [0.25, 0.3) is 15.9 Å². The Kier molecular flexibility index (Phi) is 9.28. The number of ether oxygens (including phenoxy) is 2. The molecule has 0 aromatic heterocycles. The first-order chi connectivity index (χ1) is 22.3. The molecule has 47 heavy (non-hydrogen) atoms. The van der Waals surface area contributed by atoms with Gasteiger partial charge in [-0.1, -0.05) is 29.8 Å². The molecule has 2 aromatic rings. The number of amides is 2. The molecule has 2 aliphatic carbocycles. The van der Waals surface area contributed by atoms with Gasteiger partial charge in [0.2, 0.25) is 0 Å². The Morgan fingerprint density at radius 2 is 2.00 bits per heavy atom. The molecule has 0 unspecified atom stereocenters. The van der Waals surface area contributed by atoms with Crippen LogP contribution in [0.2, 0.25) is 5.02 Å². The van der Waals surface area contributed by atoms with Crippen LogP contribution in [-0.4, -0.2) is 76.8 Å². The summed E-state index contributed by atoms with van der Waals surface area (Å²) in [5, 5.41) is 3.86. The van der Waals surface area contributed by atoms with Crippen LogP contribution < -0.4 is 19.7 Å². The van der Waals surface area contributed by atoms with Gasteiger partial charge in [-0.25, -0.2) is 17.9 Å². The summed E-state index contributed by atoms with van der Waals surface area (Å²) in [5.41, 5.74) is 1.59. The molecule has 254 valence electrons. The average molecular weight is 685 g/mol. The predicted molar refractivity (Wildman–Crippen MR) is 182 cm³/mol. The third-order valence-corrected chi connectivity index (χ3v) is 12.0. The minimum absolute atomic E-state index is 0.00199. The Hall–Kier alpha value is -3.28. The number of carbonyl (C=O) groups is 2. The van der Waals surface area contributed by atoms with Crippen LogP contribution >= 0.6 is 11.6 Å². The lowest BCUT2D eigenvalue weighted by Gasteiger charge is -2.47. The number of carbonyl (C=O) groups excluding carboxylic acids is 2. The molecule has 2 aliphatic heterocycles. The largest absolute Gasteiger partial charge is 0.490 e. The van der Waals surface area contributed by atoms with Crippen LogP contribution in [0.5, 0.6) is 5.75 Å². The summed E-state index contributed by atoms with van der Waals surface area (Å²) < 4.78 is 41.5. The van der Waals surface area contributed by atoms with Crippen molar-refractivity contribution in [3.63, 3.8) is 0 Å². The number of hydrogen-bond acceptors (Lipinski definition) is 8. The number of rotatable bonds is 2. The monoisotopic (exact) mass is 684 g/mol. The van der Waals surface area contributed by atoms with E-state index in [4.69, 9.17) is 21.1 Å². The van der Waals surface area contributed by atoms with E-state index in [1.807, 2.05) is 18.2 Å². The summed E-state index contributed by atoms with van der Waals surface area (Å²) in [6.07, 6.45) is 8.29. The van der Waals surface area contributed by atoms with E-state index in [0.29, 0.717) is 42.7 Å². The van der Waals surface area contributed by atoms with E-state index in [1.54, 1.807) is 44.9 Å². The highest BCUT2D eigenvalue weighted by atomic mass is 35.5. The fourth-order valence-electron chi connectivity index (χ4n) is 7.63. The third kappa shape index (κ3) is 6.58.